The molecule has 0 fully saturated rings. The van der Waals surface area contributed by atoms with Crippen LogP contribution in [0.4, 0.5) is 18.9 Å². The van der Waals surface area contributed by atoms with Crippen molar-refractivity contribution >= 4 is 17.6 Å². The quantitative estimate of drug-likeness (QED) is 0.542. The Morgan fingerprint density at radius 2 is 1.82 bits per heavy atom. The molecule has 0 saturated heterocycles. The van der Waals surface area contributed by atoms with Crippen molar-refractivity contribution in [2.45, 2.75) is 32.7 Å². The fourth-order valence-corrected chi connectivity index (χ4v) is 3.92. The second-order valence-electron chi connectivity index (χ2n) is 7.89. The summed E-state index contributed by atoms with van der Waals surface area (Å²) in [5.74, 6) is -0.701. The lowest BCUT2D eigenvalue weighted by atomic mass is 10.0. The van der Waals surface area contributed by atoms with Crippen LogP contribution in [-0.2, 0) is 30.5 Å². The molecule has 1 aliphatic rings. The number of carbonyl (C=O) groups is 2. The van der Waals surface area contributed by atoms with Gasteiger partial charge in [-0.25, -0.2) is 0 Å². The molecule has 1 heterocycles. The Balaban J connectivity index is 1.53. The van der Waals surface area contributed by atoms with E-state index in [4.69, 9.17) is 9.84 Å². The van der Waals surface area contributed by atoms with Gasteiger partial charge in [-0.05, 0) is 71.6 Å². The Morgan fingerprint density at radius 1 is 1.09 bits per heavy atom. The average Bonchev–Trinajstić information content (AvgIpc) is 3.08. The van der Waals surface area contributed by atoms with Gasteiger partial charge < -0.3 is 14.7 Å². The summed E-state index contributed by atoms with van der Waals surface area (Å²) in [6.07, 6.45) is -4.56. The molecule has 0 atom stereocenters. The van der Waals surface area contributed by atoms with Crippen LogP contribution in [0.5, 0.6) is 5.75 Å². The van der Waals surface area contributed by atoms with Crippen LogP contribution in [0, 0.1) is 6.92 Å². The third kappa shape index (κ3) is 4.84. The van der Waals surface area contributed by atoms with Gasteiger partial charge in [-0.2, -0.15) is 13.2 Å². The lowest BCUT2D eigenvalue weighted by molar-refractivity contribution is -0.138. The highest BCUT2D eigenvalue weighted by Crippen LogP contribution is 2.34. The van der Waals surface area contributed by atoms with E-state index in [0.29, 0.717) is 22.6 Å². The van der Waals surface area contributed by atoms with E-state index in [1.165, 1.54) is 17.0 Å². The second kappa shape index (κ2) is 8.61. The van der Waals surface area contributed by atoms with Gasteiger partial charge in [-0.1, -0.05) is 18.2 Å². The van der Waals surface area contributed by atoms with Crippen LogP contribution in [0.3, 0.4) is 0 Å². The minimum absolute atomic E-state index is 0.116. The summed E-state index contributed by atoms with van der Waals surface area (Å²) in [5, 5.41) is 9.03. The van der Waals surface area contributed by atoms with Crippen molar-refractivity contribution in [3.05, 3.63) is 94.0 Å². The Kier molecular flexibility index (Phi) is 5.84. The van der Waals surface area contributed by atoms with Crippen molar-refractivity contribution in [1.82, 2.24) is 0 Å². The van der Waals surface area contributed by atoms with E-state index in [-0.39, 0.29) is 25.5 Å². The third-order valence-corrected chi connectivity index (χ3v) is 5.43. The number of rotatable bonds is 6. The topological polar surface area (TPSA) is 66.8 Å². The maximum Gasteiger partial charge on any atom is 0.416 e. The number of ether oxygens (including phenoxy) is 1. The first-order valence-corrected chi connectivity index (χ1v) is 10.2. The number of carboxylic acids is 1. The summed E-state index contributed by atoms with van der Waals surface area (Å²) < 4.78 is 44.5. The monoisotopic (exact) mass is 455 g/mol. The molecule has 1 amide bonds. The van der Waals surface area contributed by atoms with E-state index >= 15 is 0 Å². The first-order chi connectivity index (χ1) is 15.6. The van der Waals surface area contributed by atoms with Gasteiger partial charge in [-0.3, -0.25) is 9.59 Å². The number of nitrogens with zero attached hydrogens (tertiary/aromatic N) is 1. The number of hydrogen-bond acceptors (Lipinski definition) is 3. The number of alkyl halides is 3. The molecule has 4 rings (SSSR count). The molecule has 3 aromatic rings. The van der Waals surface area contributed by atoms with Gasteiger partial charge in [0.1, 0.15) is 12.4 Å². The number of hydrogen-bond donors (Lipinski definition) is 1. The van der Waals surface area contributed by atoms with Crippen molar-refractivity contribution in [1.29, 1.82) is 0 Å². The fraction of sp³-hybridized carbons (Fsp3) is 0.200. The van der Waals surface area contributed by atoms with Crippen LogP contribution in [0.1, 0.15) is 38.2 Å². The van der Waals surface area contributed by atoms with Gasteiger partial charge in [0.05, 0.1) is 18.5 Å². The highest BCUT2D eigenvalue weighted by molar-refractivity contribution is 6.10. The largest absolute Gasteiger partial charge is 0.489 e. The summed E-state index contributed by atoms with van der Waals surface area (Å²) >= 11 is 0. The lowest BCUT2D eigenvalue weighted by Gasteiger charge is -2.17. The second-order valence-corrected chi connectivity index (χ2v) is 7.89. The maximum atomic E-state index is 12.9. The number of fused-ring (bicyclic) bond motifs is 1. The predicted molar refractivity (Wildman–Crippen MR) is 115 cm³/mol. The molecule has 0 aromatic heterocycles. The van der Waals surface area contributed by atoms with Crippen LogP contribution in [0.25, 0.3) is 0 Å². The van der Waals surface area contributed by atoms with Gasteiger partial charge >= 0.3 is 12.1 Å². The van der Waals surface area contributed by atoms with Gasteiger partial charge in [0.15, 0.2) is 0 Å². The van der Waals surface area contributed by atoms with E-state index in [9.17, 15) is 22.8 Å². The van der Waals surface area contributed by atoms with Crippen LogP contribution < -0.4 is 9.64 Å². The van der Waals surface area contributed by atoms with Gasteiger partial charge in [0, 0.05) is 11.3 Å². The molecule has 170 valence electrons. The number of carboxylic acid groups (broad SMARTS) is 1. The SMILES string of the molecule is Cc1cc(CC(=O)O)cc(OCc2cccc3c2CN(c2ccc(C(F)(F)F)cc2)C3=O)c1. The molecule has 5 nitrogen and oxygen atoms in total. The third-order valence-electron chi connectivity index (χ3n) is 5.43. The summed E-state index contributed by atoms with van der Waals surface area (Å²) in [5.41, 5.74) is 3.10. The van der Waals surface area contributed by atoms with Gasteiger partial charge in [-0.15, -0.1) is 0 Å². The van der Waals surface area contributed by atoms with E-state index < -0.39 is 17.7 Å². The molecular weight excluding hydrogens is 435 g/mol. The molecule has 3 aromatic carbocycles. The zero-order valence-electron chi connectivity index (χ0n) is 17.6. The Morgan fingerprint density at radius 3 is 2.48 bits per heavy atom. The highest BCUT2D eigenvalue weighted by Gasteiger charge is 2.33. The first-order valence-electron chi connectivity index (χ1n) is 10.2. The molecule has 8 heteroatoms. The van der Waals surface area contributed by atoms with E-state index in [0.717, 1.165) is 28.8 Å². The van der Waals surface area contributed by atoms with Crippen molar-refractivity contribution in [3.63, 3.8) is 0 Å². The van der Waals surface area contributed by atoms with Crippen LogP contribution in [0.15, 0.2) is 60.7 Å². The minimum Gasteiger partial charge on any atom is -0.489 e. The molecule has 1 aliphatic heterocycles. The Bertz CT molecular complexity index is 1220. The predicted octanol–water partition coefficient (Wildman–Crippen LogP) is 5.38. The molecular formula is C25H20F3NO4. The Labute approximate surface area is 188 Å². The molecule has 0 saturated carbocycles. The molecule has 0 spiro atoms. The summed E-state index contributed by atoms with van der Waals surface area (Å²) in [6.45, 7) is 2.23. The van der Waals surface area contributed by atoms with Crippen molar-refractivity contribution in [2.75, 3.05) is 4.90 Å². The maximum absolute atomic E-state index is 12.9. The number of aliphatic carboxylic acids is 1. The van der Waals surface area contributed by atoms with Crippen molar-refractivity contribution in [2.24, 2.45) is 0 Å². The number of halogens is 3. The number of benzene rings is 3. The number of anilines is 1. The average molecular weight is 455 g/mol. The first kappa shape index (κ1) is 22.4. The summed E-state index contributed by atoms with van der Waals surface area (Å²) in [4.78, 5) is 25.4. The number of aryl methyl sites for hydroxylation is 1. The van der Waals surface area contributed by atoms with Gasteiger partial charge in [0.25, 0.3) is 5.91 Å². The molecule has 0 bridgehead atoms. The lowest BCUT2D eigenvalue weighted by Crippen LogP contribution is -2.23. The molecule has 0 aliphatic carbocycles. The fourth-order valence-electron chi connectivity index (χ4n) is 3.92. The Hall–Kier alpha value is -3.81. The summed E-state index contributed by atoms with van der Waals surface area (Å²) in [7, 11) is 0. The number of carbonyl (C=O) groups excluding carboxylic acids is 1. The zero-order valence-corrected chi connectivity index (χ0v) is 17.6. The normalized spacial score (nSPS) is 13.2. The standard InChI is InChI=1S/C25H20F3NO4/c1-15-9-16(12-23(30)31)11-20(10-15)33-14-17-3-2-4-21-22(17)13-29(24(21)32)19-7-5-18(6-8-19)25(26,27)28/h2-11H,12-14H2,1H3,(H,30,31). The minimum atomic E-state index is -4.44. The highest BCUT2D eigenvalue weighted by atomic mass is 19.4. The molecule has 33 heavy (non-hydrogen) atoms. The number of amides is 1. The van der Waals surface area contributed by atoms with Crippen LogP contribution >= 0.6 is 0 Å². The smallest absolute Gasteiger partial charge is 0.416 e. The zero-order chi connectivity index (χ0) is 23.8. The van der Waals surface area contributed by atoms with E-state index in [2.05, 4.69) is 0 Å². The van der Waals surface area contributed by atoms with Crippen molar-refractivity contribution in [3.8, 4) is 5.75 Å². The van der Waals surface area contributed by atoms with E-state index in [1.54, 1.807) is 30.3 Å². The molecule has 1 N–H and O–H groups in total. The molecule has 0 radical (unpaired) electrons. The molecule has 0 unspecified atom stereocenters. The van der Waals surface area contributed by atoms with Crippen LogP contribution in [-0.4, -0.2) is 17.0 Å². The van der Waals surface area contributed by atoms with Crippen LogP contribution in [0.2, 0.25) is 0 Å². The van der Waals surface area contributed by atoms with Crippen molar-refractivity contribution < 1.29 is 32.6 Å². The van der Waals surface area contributed by atoms with E-state index in [1.807, 2.05) is 13.0 Å². The summed E-state index contributed by atoms with van der Waals surface area (Å²) in [6, 6.07) is 15.0. The van der Waals surface area contributed by atoms with Gasteiger partial charge in [0.2, 0.25) is 0 Å².